The molecule has 0 aliphatic rings. The Morgan fingerprint density at radius 3 is 2.33 bits per heavy atom. The summed E-state index contributed by atoms with van der Waals surface area (Å²) in [5.74, 6) is 0. The molecule has 0 fully saturated rings. The Bertz CT molecular complexity index is 529. The van der Waals surface area contributed by atoms with Crippen molar-refractivity contribution < 1.29 is 0 Å². The second-order valence-corrected chi connectivity index (χ2v) is 4.23. The van der Waals surface area contributed by atoms with Crippen LogP contribution in [0.5, 0.6) is 0 Å². The van der Waals surface area contributed by atoms with Gasteiger partial charge in [0.05, 0.1) is 11.4 Å². The molecule has 0 aliphatic carbocycles. The third kappa shape index (κ3) is 2.43. The van der Waals surface area contributed by atoms with E-state index in [0.717, 1.165) is 23.5 Å². The van der Waals surface area contributed by atoms with Crippen molar-refractivity contribution in [1.82, 2.24) is 0 Å². The summed E-state index contributed by atoms with van der Waals surface area (Å²) < 4.78 is 0. The molecular weight excluding hydrogens is 220 g/mol. The molecule has 0 saturated heterocycles. The van der Waals surface area contributed by atoms with E-state index in [2.05, 4.69) is 53.9 Å². The van der Waals surface area contributed by atoms with Gasteiger partial charge in [0, 0.05) is 12.7 Å². The molecule has 2 aromatic carbocycles. The van der Waals surface area contributed by atoms with Crippen molar-refractivity contribution in [3.05, 3.63) is 54.1 Å². The number of aliphatic imine (C=N–C) groups is 1. The Kier molecular flexibility index (Phi) is 3.78. The quantitative estimate of drug-likeness (QED) is 0.723. The fourth-order valence-electron chi connectivity index (χ4n) is 1.98. The van der Waals surface area contributed by atoms with E-state index in [0.29, 0.717) is 0 Å². The molecule has 0 bridgehead atoms. The first kappa shape index (κ1) is 12.4. The van der Waals surface area contributed by atoms with Gasteiger partial charge in [-0.05, 0) is 43.0 Å². The van der Waals surface area contributed by atoms with Gasteiger partial charge in [0.2, 0.25) is 0 Å². The number of aryl methyl sites for hydroxylation is 1. The Morgan fingerprint density at radius 1 is 1.06 bits per heavy atom. The van der Waals surface area contributed by atoms with Crippen LogP contribution in [0.15, 0.2) is 53.5 Å². The Morgan fingerprint density at radius 2 is 1.72 bits per heavy atom. The van der Waals surface area contributed by atoms with E-state index < -0.39 is 0 Å². The van der Waals surface area contributed by atoms with E-state index in [1.54, 1.807) is 0 Å². The lowest BCUT2D eigenvalue weighted by Crippen LogP contribution is -2.09. The number of benzene rings is 2. The molecule has 0 amide bonds. The second-order valence-electron chi connectivity index (χ2n) is 4.23. The molecule has 2 rings (SSSR count). The van der Waals surface area contributed by atoms with Crippen molar-refractivity contribution in [1.29, 1.82) is 0 Å². The van der Waals surface area contributed by atoms with Crippen LogP contribution in [-0.4, -0.2) is 13.8 Å². The molecular formula is C16H18N2. The summed E-state index contributed by atoms with van der Waals surface area (Å²) in [6.45, 7) is 5.78. The van der Waals surface area contributed by atoms with Crippen LogP contribution in [0.4, 0.5) is 17.1 Å². The van der Waals surface area contributed by atoms with E-state index in [1.165, 1.54) is 5.56 Å². The lowest BCUT2D eigenvalue weighted by atomic mass is 10.1. The standard InChI is InChI=1S/C16H18N2/c1-4-13-9-11-14(12-10-13)18(3)16-8-6-5-7-15(16)17-2/h5-12H,2,4H2,1,3H3. The SMILES string of the molecule is C=Nc1ccccc1N(C)c1ccc(CC)cc1. The minimum atomic E-state index is 0.902. The van der Waals surface area contributed by atoms with Gasteiger partial charge in [-0.3, -0.25) is 4.99 Å². The van der Waals surface area contributed by atoms with Crippen LogP contribution in [-0.2, 0) is 6.42 Å². The lowest BCUT2D eigenvalue weighted by molar-refractivity contribution is 1.13. The molecule has 18 heavy (non-hydrogen) atoms. The maximum absolute atomic E-state index is 4.06. The van der Waals surface area contributed by atoms with Crippen LogP contribution < -0.4 is 4.90 Å². The van der Waals surface area contributed by atoms with Gasteiger partial charge in [0.15, 0.2) is 0 Å². The first-order valence-corrected chi connectivity index (χ1v) is 6.14. The van der Waals surface area contributed by atoms with E-state index in [4.69, 9.17) is 0 Å². The first-order chi connectivity index (χ1) is 8.76. The van der Waals surface area contributed by atoms with Crippen molar-refractivity contribution in [2.75, 3.05) is 11.9 Å². The highest BCUT2D eigenvalue weighted by atomic mass is 15.1. The van der Waals surface area contributed by atoms with Crippen molar-refractivity contribution in [3.63, 3.8) is 0 Å². The van der Waals surface area contributed by atoms with Crippen LogP contribution in [0.2, 0.25) is 0 Å². The molecule has 2 aromatic rings. The van der Waals surface area contributed by atoms with Gasteiger partial charge in [0.25, 0.3) is 0 Å². The minimum Gasteiger partial charge on any atom is -0.343 e. The summed E-state index contributed by atoms with van der Waals surface area (Å²) in [7, 11) is 2.05. The summed E-state index contributed by atoms with van der Waals surface area (Å²) in [5, 5.41) is 0. The molecule has 0 unspecified atom stereocenters. The Hall–Kier alpha value is -2.09. The predicted molar refractivity (Wildman–Crippen MR) is 79.5 cm³/mol. The number of rotatable bonds is 4. The van der Waals surface area contributed by atoms with E-state index in [-0.39, 0.29) is 0 Å². The van der Waals surface area contributed by atoms with Crippen LogP contribution in [0, 0.1) is 0 Å². The van der Waals surface area contributed by atoms with Crippen molar-refractivity contribution in [3.8, 4) is 0 Å². The predicted octanol–water partition coefficient (Wildman–Crippen LogP) is 4.35. The van der Waals surface area contributed by atoms with E-state index in [1.807, 2.05) is 25.2 Å². The topological polar surface area (TPSA) is 15.6 Å². The maximum atomic E-state index is 4.06. The van der Waals surface area contributed by atoms with E-state index in [9.17, 15) is 0 Å². The molecule has 0 aliphatic heterocycles. The van der Waals surface area contributed by atoms with Gasteiger partial charge in [-0.25, -0.2) is 0 Å². The van der Waals surface area contributed by atoms with Crippen molar-refractivity contribution >= 4 is 23.8 Å². The second kappa shape index (κ2) is 5.50. The molecule has 0 aromatic heterocycles. The molecule has 2 heteroatoms. The number of nitrogens with zero attached hydrogens (tertiary/aromatic N) is 2. The molecule has 92 valence electrons. The summed E-state index contributed by atoms with van der Waals surface area (Å²) in [5.41, 5.74) is 4.47. The first-order valence-electron chi connectivity index (χ1n) is 6.14. The number of hydrogen-bond donors (Lipinski definition) is 0. The highest BCUT2D eigenvalue weighted by Gasteiger charge is 2.07. The van der Waals surface area contributed by atoms with Gasteiger partial charge < -0.3 is 4.90 Å². The van der Waals surface area contributed by atoms with Crippen LogP contribution in [0.25, 0.3) is 0 Å². The summed E-state index contributed by atoms with van der Waals surface area (Å²) in [4.78, 5) is 6.19. The Balaban J connectivity index is 2.34. The van der Waals surface area contributed by atoms with Crippen LogP contribution >= 0.6 is 0 Å². The largest absolute Gasteiger partial charge is 0.343 e. The smallest absolute Gasteiger partial charge is 0.0859 e. The van der Waals surface area contributed by atoms with Gasteiger partial charge in [-0.1, -0.05) is 31.2 Å². The molecule has 0 atom stereocenters. The summed E-state index contributed by atoms with van der Waals surface area (Å²) >= 11 is 0. The third-order valence-electron chi connectivity index (χ3n) is 3.15. The number of anilines is 2. The average Bonchev–Trinajstić information content (AvgIpc) is 2.46. The van der Waals surface area contributed by atoms with E-state index >= 15 is 0 Å². The van der Waals surface area contributed by atoms with Crippen molar-refractivity contribution in [2.24, 2.45) is 4.99 Å². The monoisotopic (exact) mass is 238 g/mol. The van der Waals surface area contributed by atoms with Gasteiger partial charge in [-0.15, -0.1) is 0 Å². The third-order valence-corrected chi connectivity index (χ3v) is 3.15. The Labute approximate surface area is 109 Å². The fraction of sp³-hybridized carbons (Fsp3) is 0.188. The van der Waals surface area contributed by atoms with Gasteiger partial charge in [-0.2, -0.15) is 0 Å². The van der Waals surface area contributed by atoms with Gasteiger partial charge in [0.1, 0.15) is 0 Å². The zero-order valence-electron chi connectivity index (χ0n) is 10.9. The van der Waals surface area contributed by atoms with Gasteiger partial charge >= 0.3 is 0 Å². The minimum absolute atomic E-state index is 0.902. The van der Waals surface area contributed by atoms with Crippen molar-refractivity contribution in [2.45, 2.75) is 13.3 Å². The van der Waals surface area contributed by atoms with Crippen LogP contribution in [0.3, 0.4) is 0 Å². The normalized spacial score (nSPS) is 10.1. The summed E-state index contributed by atoms with van der Waals surface area (Å²) in [6, 6.07) is 16.6. The molecule has 0 heterocycles. The number of hydrogen-bond acceptors (Lipinski definition) is 2. The average molecular weight is 238 g/mol. The lowest BCUT2D eigenvalue weighted by Gasteiger charge is -2.21. The highest BCUT2D eigenvalue weighted by molar-refractivity contribution is 5.75. The molecule has 0 spiro atoms. The zero-order valence-corrected chi connectivity index (χ0v) is 10.9. The molecule has 0 N–H and O–H groups in total. The molecule has 0 radical (unpaired) electrons. The zero-order chi connectivity index (χ0) is 13.0. The fourth-order valence-corrected chi connectivity index (χ4v) is 1.98. The molecule has 2 nitrogen and oxygen atoms in total. The molecule has 0 saturated carbocycles. The maximum Gasteiger partial charge on any atom is 0.0859 e. The number of para-hydroxylation sites is 2. The highest BCUT2D eigenvalue weighted by Crippen LogP contribution is 2.32. The summed E-state index contributed by atoms with van der Waals surface area (Å²) in [6.07, 6.45) is 1.06. The van der Waals surface area contributed by atoms with Crippen LogP contribution in [0.1, 0.15) is 12.5 Å².